The first-order valence-electron chi connectivity index (χ1n) is 11.1. The lowest BCUT2D eigenvalue weighted by atomic mass is 9.95. The van der Waals surface area contributed by atoms with Crippen LogP contribution in [0, 0.1) is 5.82 Å². The van der Waals surface area contributed by atoms with E-state index >= 15 is 0 Å². The van der Waals surface area contributed by atoms with Crippen LogP contribution in [-0.2, 0) is 17.6 Å². The fourth-order valence-corrected chi connectivity index (χ4v) is 4.07. The van der Waals surface area contributed by atoms with Crippen molar-refractivity contribution in [3.63, 3.8) is 0 Å². The van der Waals surface area contributed by atoms with Crippen LogP contribution in [0.1, 0.15) is 53.5 Å². The summed E-state index contributed by atoms with van der Waals surface area (Å²) in [7, 11) is 1.59. The summed E-state index contributed by atoms with van der Waals surface area (Å²) in [6, 6.07) is 13.3. The molecule has 1 aliphatic rings. The molecule has 2 aromatic heterocycles. The van der Waals surface area contributed by atoms with Gasteiger partial charge in [-0.15, -0.1) is 10.2 Å². The van der Waals surface area contributed by atoms with Gasteiger partial charge in [-0.1, -0.05) is 0 Å². The Morgan fingerprint density at radius 2 is 1.79 bits per heavy atom. The second-order valence-corrected chi connectivity index (χ2v) is 8.09. The van der Waals surface area contributed by atoms with Crippen molar-refractivity contribution in [1.82, 2.24) is 20.0 Å². The Balaban J connectivity index is 1.37. The Morgan fingerprint density at radius 1 is 1.06 bits per heavy atom. The lowest BCUT2D eigenvalue weighted by Crippen LogP contribution is -2.13. The van der Waals surface area contributed by atoms with E-state index in [2.05, 4.69) is 15.3 Å². The lowest BCUT2D eigenvalue weighted by Gasteiger charge is -2.14. The molecule has 0 bridgehead atoms. The highest BCUT2D eigenvalue weighted by Crippen LogP contribution is 2.29. The van der Waals surface area contributed by atoms with E-state index in [0.717, 1.165) is 42.5 Å². The van der Waals surface area contributed by atoms with Gasteiger partial charge in [0.25, 0.3) is 5.89 Å². The number of esters is 1. The van der Waals surface area contributed by atoms with Crippen molar-refractivity contribution in [2.24, 2.45) is 0 Å². The molecule has 1 aliphatic carbocycles. The fourth-order valence-electron chi connectivity index (χ4n) is 4.07. The molecule has 0 unspecified atom stereocenters. The summed E-state index contributed by atoms with van der Waals surface area (Å²) in [6.07, 6.45) is 2.73. The molecule has 5 rings (SSSR count). The summed E-state index contributed by atoms with van der Waals surface area (Å²) >= 11 is 0. The number of rotatable bonds is 6. The summed E-state index contributed by atoms with van der Waals surface area (Å²) in [4.78, 5) is 13.1. The molecule has 0 N–H and O–H groups in total. The molecule has 0 fully saturated rings. The quantitative estimate of drug-likeness (QED) is 0.378. The van der Waals surface area contributed by atoms with Crippen LogP contribution in [-0.4, -0.2) is 33.1 Å². The maximum absolute atomic E-state index is 13.4. The van der Waals surface area contributed by atoms with Crippen molar-refractivity contribution in [2.75, 3.05) is 7.11 Å². The van der Waals surface area contributed by atoms with Crippen LogP contribution in [0.4, 0.5) is 4.39 Å². The van der Waals surface area contributed by atoms with Crippen LogP contribution in [0.15, 0.2) is 52.9 Å². The molecule has 8 nitrogen and oxygen atoms in total. The van der Waals surface area contributed by atoms with Gasteiger partial charge in [0.2, 0.25) is 5.89 Å². The Kier molecular flexibility index (Phi) is 5.83. The van der Waals surface area contributed by atoms with Gasteiger partial charge in [-0.05, 0) is 81.1 Å². The van der Waals surface area contributed by atoms with Crippen molar-refractivity contribution in [3.8, 4) is 22.9 Å². The molecular weight excluding hydrogens is 439 g/mol. The smallest absolute Gasteiger partial charge is 0.359 e. The Morgan fingerprint density at radius 3 is 2.53 bits per heavy atom. The number of ether oxygens (including phenoxy) is 2. The van der Waals surface area contributed by atoms with Gasteiger partial charge < -0.3 is 13.9 Å². The molecule has 0 amide bonds. The Labute approximate surface area is 195 Å². The maximum atomic E-state index is 13.4. The van der Waals surface area contributed by atoms with Gasteiger partial charge in [-0.3, -0.25) is 0 Å². The monoisotopic (exact) mass is 462 g/mol. The highest BCUT2D eigenvalue weighted by molar-refractivity contribution is 5.89. The van der Waals surface area contributed by atoms with Crippen molar-refractivity contribution >= 4 is 5.97 Å². The number of carbonyl (C=O) groups excluding carboxylic acids is 1. The van der Waals surface area contributed by atoms with Gasteiger partial charge in [0, 0.05) is 16.8 Å². The van der Waals surface area contributed by atoms with Gasteiger partial charge in [-0.2, -0.15) is 5.10 Å². The molecule has 2 aromatic carbocycles. The van der Waals surface area contributed by atoms with Gasteiger partial charge >= 0.3 is 5.97 Å². The van der Waals surface area contributed by atoms with E-state index in [1.54, 1.807) is 55.1 Å². The molecular formula is C25H23FN4O4. The van der Waals surface area contributed by atoms with Crippen molar-refractivity contribution < 1.29 is 23.1 Å². The van der Waals surface area contributed by atoms with E-state index in [-0.39, 0.29) is 17.4 Å². The molecule has 0 aliphatic heterocycles. The third kappa shape index (κ3) is 4.16. The average Bonchev–Trinajstić information content (AvgIpc) is 3.51. The Hall–Kier alpha value is -4.01. The van der Waals surface area contributed by atoms with E-state index in [1.165, 1.54) is 12.1 Å². The first kappa shape index (κ1) is 21.8. The van der Waals surface area contributed by atoms with Gasteiger partial charge in [0.05, 0.1) is 12.8 Å². The third-order valence-corrected chi connectivity index (χ3v) is 5.85. The molecule has 4 aromatic rings. The number of carbonyl (C=O) groups is 1. The normalized spacial score (nSPS) is 13.9. The van der Waals surface area contributed by atoms with E-state index in [0.29, 0.717) is 17.3 Å². The molecule has 0 spiro atoms. The summed E-state index contributed by atoms with van der Waals surface area (Å²) in [5.74, 6) is 0.334. The zero-order chi connectivity index (χ0) is 23.7. The molecule has 0 saturated heterocycles. The van der Waals surface area contributed by atoms with E-state index in [4.69, 9.17) is 13.9 Å². The van der Waals surface area contributed by atoms with Crippen molar-refractivity contribution in [3.05, 3.63) is 77.2 Å². The first-order valence-corrected chi connectivity index (χ1v) is 11.1. The number of fused-ring (bicyclic) bond motifs is 1. The molecule has 1 atom stereocenters. The topological polar surface area (TPSA) is 92.3 Å². The first-order chi connectivity index (χ1) is 16.5. The van der Waals surface area contributed by atoms with Crippen molar-refractivity contribution in [2.45, 2.75) is 38.7 Å². The van der Waals surface area contributed by atoms with Crippen LogP contribution in [0.25, 0.3) is 17.1 Å². The second kappa shape index (κ2) is 9.09. The number of halogens is 1. The van der Waals surface area contributed by atoms with Crippen molar-refractivity contribution in [1.29, 1.82) is 0 Å². The minimum atomic E-state index is -0.762. The maximum Gasteiger partial charge on any atom is 0.359 e. The minimum Gasteiger partial charge on any atom is -0.497 e. The molecule has 0 radical (unpaired) electrons. The molecule has 2 heterocycles. The zero-order valence-corrected chi connectivity index (χ0v) is 18.8. The number of aromatic nitrogens is 4. The fraction of sp³-hybridized carbons (Fsp3) is 0.280. The highest BCUT2D eigenvalue weighted by atomic mass is 19.1. The van der Waals surface area contributed by atoms with Crippen LogP contribution >= 0.6 is 0 Å². The summed E-state index contributed by atoms with van der Waals surface area (Å²) in [5, 5.41) is 12.7. The Bertz CT molecular complexity index is 1310. The van der Waals surface area contributed by atoms with Crippen LogP contribution in [0.2, 0.25) is 0 Å². The molecule has 0 saturated carbocycles. The van der Waals surface area contributed by atoms with Gasteiger partial charge in [-0.25, -0.2) is 13.9 Å². The number of hydrogen-bond acceptors (Lipinski definition) is 7. The van der Waals surface area contributed by atoms with E-state index in [9.17, 15) is 9.18 Å². The number of benzene rings is 2. The standard InChI is InChI=1S/C25H23FN4O4/c1-15(23-27-28-24(34-23)16-7-13-19(32-2)14-8-16)33-25(31)22-20-5-3-4-6-21(20)30(29-22)18-11-9-17(26)10-12-18/h7-15H,3-6H2,1-2H3/t15-/m0/s1. The second-order valence-electron chi connectivity index (χ2n) is 8.09. The van der Waals surface area contributed by atoms with Crippen LogP contribution in [0.3, 0.4) is 0 Å². The van der Waals surface area contributed by atoms with Crippen LogP contribution in [0.5, 0.6) is 5.75 Å². The summed E-state index contributed by atoms with van der Waals surface area (Å²) < 4.78 is 31.7. The third-order valence-electron chi connectivity index (χ3n) is 5.85. The van der Waals surface area contributed by atoms with Crippen LogP contribution < -0.4 is 4.74 Å². The predicted molar refractivity (Wildman–Crippen MR) is 120 cm³/mol. The zero-order valence-electron chi connectivity index (χ0n) is 18.8. The number of methoxy groups -OCH3 is 1. The largest absolute Gasteiger partial charge is 0.497 e. The summed E-state index contributed by atoms with van der Waals surface area (Å²) in [6.45, 7) is 1.67. The van der Waals surface area contributed by atoms with Gasteiger partial charge in [0.1, 0.15) is 11.6 Å². The summed E-state index contributed by atoms with van der Waals surface area (Å²) in [5.41, 5.74) is 3.52. The molecule has 174 valence electrons. The lowest BCUT2D eigenvalue weighted by molar-refractivity contribution is 0.0271. The average molecular weight is 462 g/mol. The van der Waals surface area contributed by atoms with E-state index in [1.807, 2.05) is 0 Å². The van der Waals surface area contributed by atoms with Gasteiger partial charge in [0.15, 0.2) is 11.8 Å². The highest BCUT2D eigenvalue weighted by Gasteiger charge is 2.29. The molecule has 34 heavy (non-hydrogen) atoms. The number of nitrogens with zero attached hydrogens (tertiary/aromatic N) is 4. The molecule has 9 heteroatoms. The predicted octanol–water partition coefficient (Wildman–Crippen LogP) is 4.87. The minimum absolute atomic E-state index is 0.186. The van der Waals surface area contributed by atoms with E-state index < -0.39 is 12.1 Å². The number of hydrogen-bond donors (Lipinski definition) is 0. The SMILES string of the molecule is COc1ccc(-c2nnc([C@H](C)OC(=O)c3nn(-c4ccc(F)cc4)c4c3CCCC4)o2)cc1.